The molecule has 19 heavy (non-hydrogen) atoms. The first-order chi connectivity index (χ1) is 9.02. The van der Waals surface area contributed by atoms with Crippen molar-refractivity contribution in [2.24, 2.45) is 0 Å². The quantitative estimate of drug-likeness (QED) is 0.909. The highest BCUT2D eigenvalue weighted by Crippen LogP contribution is 2.38. The first-order valence-corrected chi connectivity index (χ1v) is 8.10. The van der Waals surface area contributed by atoms with E-state index in [1.165, 1.54) is 4.88 Å². The molecule has 0 radical (unpaired) electrons. The molecule has 0 aliphatic carbocycles. The average Bonchev–Trinajstić information content (AvgIpc) is 2.94. The Hall–Kier alpha value is -1.14. The first kappa shape index (κ1) is 14.3. The monoisotopic (exact) mass is 296 g/mol. The van der Waals surface area contributed by atoms with Gasteiger partial charge in [0.05, 0.1) is 16.3 Å². The molecular weight excluding hydrogens is 276 g/mol. The zero-order valence-corrected chi connectivity index (χ0v) is 13.7. The highest BCUT2D eigenvalue weighted by molar-refractivity contribution is 7.19. The van der Waals surface area contributed by atoms with Gasteiger partial charge in [-0.25, -0.2) is 9.97 Å². The third-order valence-corrected chi connectivity index (χ3v) is 4.70. The van der Waals surface area contributed by atoms with Crippen LogP contribution in [0.25, 0.3) is 10.6 Å². The predicted octanol–water partition coefficient (Wildman–Crippen LogP) is 3.89. The second-order valence-electron chi connectivity index (χ2n) is 4.83. The van der Waals surface area contributed by atoms with Crippen molar-refractivity contribution in [2.75, 3.05) is 30.9 Å². The number of thiazole rings is 2. The Kier molecular flexibility index (Phi) is 4.42. The second-order valence-corrected chi connectivity index (χ2v) is 6.66. The van der Waals surface area contributed by atoms with Gasteiger partial charge in [0.25, 0.3) is 0 Å². The molecule has 0 aromatic carbocycles. The third kappa shape index (κ3) is 3.06. The van der Waals surface area contributed by atoms with Gasteiger partial charge < -0.3 is 10.2 Å². The number of hydrogen-bond acceptors (Lipinski definition) is 6. The normalized spacial score (nSPS) is 11.1. The SMILES string of the molecule is CCNc1nc(-c2sc(N(C)C)nc2C(C)C)cs1. The Morgan fingerprint density at radius 1 is 1.32 bits per heavy atom. The fraction of sp³-hybridized carbons (Fsp3) is 0.538. The molecular formula is C13H20N4S2. The molecule has 0 unspecified atom stereocenters. The maximum atomic E-state index is 4.73. The van der Waals surface area contributed by atoms with Gasteiger partial charge in [-0.15, -0.1) is 11.3 Å². The second kappa shape index (κ2) is 5.88. The molecule has 0 spiro atoms. The molecule has 2 aromatic rings. The summed E-state index contributed by atoms with van der Waals surface area (Å²) in [7, 11) is 4.05. The zero-order chi connectivity index (χ0) is 14.0. The number of nitrogens with one attached hydrogen (secondary N) is 1. The Morgan fingerprint density at radius 3 is 2.63 bits per heavy atom. The van der Waals surface area contributed by atoms with Crippen LogP contribution in [0.15, 0.2) is 5.38 Å². The van der Waals surface area contributed by atoms with E-state index >= 15 is 0 Å². The molecule has 0 bridgehead atoms. The van der Waals surface area contributed by atoms with Gasteiger partial charge in [0.15, 0.2) is 10.3 Å². The van der Waals surface area contributed by atoms with Gasteiger partial charge in [-0.2, -0.15) is 0 Å². The summed E-state index contributed by atoms with van der Waals surface area (Å²) in [6, 6.07) is 0. The smallest absolute Gasteiger partial charge is 0.185 e. The average molecular weight is 296 g/mol. The van der Waals surface area contributed by atoms with E-state index in [-0.39, 0.29) is 0 Å². The minimum absolute atomic E-state index is 0.407. The standard InChI is InChI=1S/C13H20N4S2/c1-6-14-12-15-9(7-18-12)11-10(8(2)3)16-13(19-11)17(4)5/h7-8H,6H2,1-5H3,(H,14,15). The van der Waals surface area contributed by atoms with Crippen LogP contribution < -0.4 is 10.2 Å². The van der Waals surface area contributed by atoms with Crippen molar-refractivity contribution < 1.29 is 0 Å². The number of anilines is 2. The molecule has 0 aliphatic heterocycles. The van der Waals surface area contributed by atoms with Crippen LogP contribution in [-0.4, -0.2) is 30.6 Å². The van der Waals surface area contributed by atoms with Gasteiger partial charge in [-0.05, 0) is 12.8 Å². The Labute approximate surface area is 122 Å². The fourth-order valence-electron chi connectivity index (χ4n) is 1.70. The summed E-state index contributed by atoms with van der Waals surface area (Å²) in [5, 5.41) is 7.38. The maximum Gasteiger partial charge on any atom is 0.185 e. The van der Waals surface area contributed by atoms with E-state index in [9.17, 15) is 0 Å². The van der Waals surface area contributed by atoms with E-state index in [1.807, 2.05) is 14.1 Å². The van der Waals surface area contributed by atoms with Gasteiger partial charge in [0.2, 0.25) is 0 Å². The molecule has 4 nitrogen and oxygen atoms in total. The van der Waals surface area contributed by atoms with E-state index in [0.29, 0.717) is 5.92 Å². The van der Waals surface area contributed by atoms with Gasteiger partial charge in [0.1, 0.15) is 0 Å². The highest BCUT2D eigenvalue weighted by Gasteiger charge is 2.18. The largest absolute Gasteiger partial charge is 0.362 e. The van der Waals surface area contributed by atoms with Gasteiger partial charge in [0, 0.05) is 26.0 Å². The van der Waals surface area contributed by atoms with Crippen molar-refractivity contribution in [3.05, 3.63) is 11.1 Å². The van der Waals surface area contributed by atoms with Crippen LogP contribution >= 0.6 is 22.7 Å². The fourth-order valence-corrected chi connectivity index (χ4v) is 3.65. The van der Waals surface area contributed by atoms with Crippen LogP contribution in [0, 0.1) is 0 Å². The van der Waals surface area contributed by atoms with Gasteiger partial charge in [-0.3, -0.25) is 0 Å². The van der Waals surface area contributed by atoms with Gasteiger partial charge >= 0.3 is 0 Å². The van der Waals surface area contributed by atoms with E-state index < -0.39 is 0 Å². The summed E-state index contributed by atoms with van der Waals surface area (Å²) in [6.07, 6.45) is 0. The van der Waals surface area contributed by atoms with Crippen molar-refractivity contribution in [3.63, 3.8) is 0 Å². The number of rotatable bonds is 5. The van der Waals surface area contributed by atoms with E-state index in [0.717, 1.165) is 28.2 Å². The molecule has 1 N–H and O–H groups in total. The minimum atomic E-state index is 0.407. The maximum absolute atomic E-state index is 4.73. The third-order valence-electron chi connectivity index (χ3n) is 2.64. The summed E-state index contributed by atoms with van der Waals surface area (Å²) in [5.41, 5.74) is 2.18. The lowest BCUT2D eigenvalue weighted by molar-refractivity contribution is 0.831. The highest BCUT2D eigenvalue weighted by atomic mass is 32.1. The molecule has 104 valence electrons. The number of hydrogen-bond donors (Lipinski definition) is 1. The summed E-state index contributed by atoms with van der Waals surface area (Å²) >= 11 is 3.36. The van der Waals surface area contributed by atoms with E-state index in [2.05, 4.69) is 41.4 Å². The lowest BCUT2D eigenvalue weighted by atomic mass is 10.1. The number of nitrogens with zero attached hydrogens (tertiary/aromatic N) is 3. The van der Waals surface area contributed by atoms with Gasteiger partial charge in [-0.1, -0.05) is 25.2 Å². The zero-order valence-electron chi connectivity index (χ0n) is 12.0. The van der Waals surface area contributed by atoms with Crippen LogP contribution in [-0.2, 0) is 0 Å². The van der Waals surface area contributed by atoms with E-state index in [4.69, 9.17) is 4.98 Å². The van der Waals surface area contributed by atoms with Crippen LogP contribution in [0.4, 0.5) is 10.3 Å². The Morgan fingerprint density at radius 2 is 2.05 bits per heavy atom. The molecule has 0 atom stereocenters. The molecule has 6 heteroatoms. The lowest BCUT2D eigenvalue weighted by Crippen LogP contribution is -2.08. The summed E-state index contributed by atoms with van der Waals surface area (Å²) in [6.45, 7) is 7.33. The Bertz CT molecular complexity index is 543. The van der Waals surface area contributed by atoms with Crippen LogP contribution in [0.1, 0.15) is 32.4 Å². The molecule has 0 saturated carbocycles. The Balaban J connectivity index is 2.41. The van der Waals surface area contributed by atoms with Crippen molar-refractivity contribution in [3.8, 4) is 10.6 Å². The lowest BCUT2D eigenvalue weighted by Gasteiger charge is -2.05. The van der Waals surface area contributed by atoms with Crippen molar-refractivity contribution >= 4 is 32.9 Å². The summed E-state index contributed by atoms with van der Waals surface area (Å²) in [4.78, 5) is 12.6. The molecule has 0 fully saturated rings. The van der Waals surface area contributed by atoms with Crippen LogP contribution in [0.3, 0.4) is 0 Å². The van der Waals surface area contributed by atoms with Crippen molar-refractivity contribution in [2.45, 2.75) is 26.7 Å². The van der Waals surface area contributed by atoms with Crippen molar-refractivity contribution in [1.82, 2.24) is 9.97 Å². The number of aromatic nitrogens is 2. The van der Waals surface area contributed by atoms with E-state index in [1.54, 1.807) is 22.7 Å². The van der Waals surface area contributed by atoms with Crippen molar-refractivity contribution in [1.29, 1.82) is 0 Å². The van der Waals surface area contributed by atoms with Crippen LogP contribution in [0.2, 0.25) is 0 Å². The first-order valence-electron chi connectivity index (χ1n) is 6.40. The minimum Gasteiger partial charge on any atom is -0.362 e. The molecule has 2 heterocycles. The summed E-state index contributed by atoms with van der Waals surface area (Å²) in [5.74, 6) is 0.407. The molecule has 2 rings (SSSR count). The molecule has 0 aliphatic rings. The molecule has 0 saturated heterocycles. The molecule has 0 amide bonds. The summed E-state index contributed by atoms with van der Waals surface area (Å²) < 4.78 is 0. The predicted molar refractivity (Wildman–Crippen MR) is 85.8 cm³/mol. The molecule has 2 aromatic heterocycles. The topological polar surface area (TPSA) is 41.1 Å². The van der Waals surface area contributed by atoms with Crippen LogP contribution in [0.5, 0.6) is 0 Å².